The summed E-state index contributed by atoms with van der Waals surface area (Å²) in [6.45, 7) is 2.68. The lowest BCUT2D eigenvalue weighted by Crippen LogP contribution is -2.48. The van der Waals surface area contributed by atoms with E-state index >= 15 is 0 Å². The Morgan fingerprint density at radius 3 is 2.43 bits per heavy atom. The van der Waals surface area contributed by atoms with Crippen LogP contribution in [0.4, 0.5) is 0 Å². The lowest BCUT2D eigenvalue weighted by atomic mass is 9.98. The van der Waals surface area contributed by atoms with Crippen LogP contribution < -0.4 is 5.32 Å². The van der Waals surface area contributed by atoms with Crippen molar-refractivity contribution in [3.63, 3.8) is 0 Å². The molecule has 2 fully saturated rings. The summed E-state index contributed by atoms with van der Waals surface area (Å²) in [6, 6.07) is 2.17. The first-order valence-corrected chi connectivity index (χ1v) is 5.79. The molecule has 2 rings (SSSR count). The van der Waals surface area contributed by atoms with E-state index in [1.165, 1.54) is 25.7 Å². The standard InChI is InChI=1S/C11H22N2O/c1-8(14)7-13(2)11-5-9-3-4-10(6-11)12-9/h8-12,14H,3-7H2,1-2H3/t8-,9?,10?,11?/m0/s1. The minimum atomic E-state index is -0.201. The molecular weight excluding hydrogens is 176 g/mol. The van der Waals surface area contributed by atoms with E-state index in [1.807, 2.05) is 6.92 Å². The number of hydrogen-bond donors (Lipinski definition) is 2. The minimum absolute atomic E-state index is 0.201. The van der Waals surface area contributed by atoms with Gasteiger partial charge in [0.2, 0.25) is 0 Å². The normalized spacial score (nSPS) is 39.0. The zero-order valence-corrected chi connectivity index (χ0v) is 9.24. The molecule has 0 aromatic carbocycles. The molecule has 3 heteroatoms. The zero-order chi connectivity index (χ0) is 10.1. The summed E-state index contributed by atoms with van der Waals surface area (Å²) in [5.41, 5.74) is 0. The van der Waals surface area contributed by atoms with E-state index in [-0.39, 0.29) is 6.10 Å². The predicted molar refractivity (Wildman–Crippen MR) is 57.3 cm³/mol. The van der Waals surface area contributed by atoms with E-state index in [9.17, 15) is 5.11 Å². The number of aliphatic hydroxyl groups excluding tert-OH is 1. The van der Waals surface area contributed by atoms with Gasteiger partial charge in [0.05, 0.1) is 6.10 Å². The molecule has 0 aliphatic carbocycles. The first kappa shape index (κ1) is 10.4. The summed E-state index contributed by atoms with van der Waals surface area (Å²) in [5, 5.41) is 13.0. The van der Waals surface area contributed by atoms with Crippen molar-refractivity contribution >= 4 is 0 Å². The molecule has 0 amide bonds. The molecular formula is C11H22N2O. The maximum atomic E-state index is 9.34. The molecule has 3 atom stereocenters. The molecule has 82 valence electrons. The molecule has 3 nitrogen and oxygen atoms in total. The SMILES string of the molecule is C[C@H](O)CN(C)C1CC2CCC(C1)N2. The zero-order valence-electron chi connectivity index (χ0n) is 9.24. The van der Waals surface area contributed by atoms with Crippen LogP contribution >= 0.6 is 0 Å². The van der Waals surface area contributed by atoms with Crippen LogP contribution in [0.1, 0.15) is 32.6 Å². The van der Waals surface area contributed by atoms with Crippen molar-refractivity contribution in [2.45, 2.75) is 56.8 Å². The second-order valence-corrected chi connectivity index (χ2v) is 5.05. The van der Waals surface area contributed by atoms with Crippen LogP contribution in [0.15, 0.2) is 0 Å². The summed E-state index contributed by atoms with van der Waals surface area (Å²) in [5.74, 6) is 0. The van der Waals surface area contributed by atoms with Crippen LogP contribution in [-0.4, -0.2) is 47.8 Å². The Bertz CT molecular complexity index is 184. The van der Waals surface area contributed by atoms with Gasteiger partial charge in [-0.1, -0.05) is 0 Å². The van der Waals surface area contributed by atoms with Crippen LogP contribution in [0.25, 0.3) is 0 Å². The lowest BCUT2D eigenvalue weighted by Gasteiger charge is -2.36. The number of likely N-dealkylation sites (N-methyl/N-ethyl adjacent to an activating group) is 1. The number of fused-ring (bicyclic) bond motifs is 2. The number of hydrogen-bond acceptors (Lipinski definition) is 3. The van der Waals surface area contributed by atoms with Gasteiger partial charge in [0.25, 0.3) is 0 Å². The van der Waals surface area contributed by atoms with Gasteiger partial charge in [0.1, 0.15) is 0 Å². The van der Waals surface area contributed by atoms with E-state index in [4.69, 9.17) is 0 Å². The third-order valence-corrected chi connectivity index (χ3v) is 3.62. The van der Waals surface area contributed by atoms with Gasteiger partial charge in [-0.3, -0.25) is 0 Å². The van der Waals surface area contributed by atoms with Crippen molar-refractivity contribution in [3.05, 3.63) is 0 Å². The Morgan fingerprint density at radius 2 is 1.93 bits per heavy atom. The summed E-state index contributed by atoms with van der Waals surface area (Å²) >= 11 is 0. The van der Waals surface area contributed by atoms with E-state index in [2.05, 4.69) is 17.3 Å². The van der Waals surface area contributed by atoms with Crippen LogP contribution in [-0.2, 0) is 0 Å². The highest BCUT2D eigenvalue weighted by molar-refractivity contribution is 4.95. The van der Waals surface area contributed by atoms with Gasteiger partial charge in [-0.15, -0.1) is 0 Å². The highest BCUT2D eigenvalue weighted by Crippen LogP contribution is 2.29. The van der Waals surface area contributed by atoms with Crippen molar-refractivity contribution in [2.24, 2.45) is 0 Å². The Balaban J connectivity index is 1.86. The fraction of sp³-hybridized carbons (Fsp3) is 1.00. The molecule has 14 heavy (non-hydrogen) atoms. The van der Waals surface area contributed by atoms with Gasteiger partial charge < -0.3 is 15.3 Å². The minimum Gasteiger partial charge on any atom is -0.392 e. The number of piperidine rings is 1. The number of nitrogens with zero attached hydrogens (tertiary/aromatic N) is 1. The molecule has 0 saturated carbocycles. The smallest absolute Gasteiger partial charge is 0.0639 e. The average molecular weight is 198 g/mol. The maximum absolute atomic E-state index is 9.34. The van der Waals surface area contributed by atoms with Gasteiger partial charge in [-0.05, 0) is 39.7 Å². The Morgan fingerprint density at radius 1 is 1.36 bits per heavy atom. The third-order valence-electron chi connectivity index (χ3n) is 3.62. The molecule has 2 saturated heterocycles. The van der Waals surface area contributed by atoms with Crippen molar-refractivity contribution in [1.82, 2.24) is 10.2 Å². The highest BCUT2D eigenvalue weighted by Gasteiger charge is 2.34. The van der Waals surface area contributed by atoms with Crippen LogP contribution in [0.2, 0.25) is 0 Å². The quantitative estimate of drug-likeness (QED) is 0.696. The molecule has 2 heterocycles. The molecule has 0 aromatic heterocycles. The number of rotatable bonds is 3. The molecule has 2 aliphatic rings. The second-order valence-electron chi connectivity index (χ2n) is 5.05. The number of nitrogens with one attached hydrogen (secondary N) is 1. The molecule has 0 aromatic rings. The van der Waals surface area contributed by atoms with Crippen molar-refractivity contribution < 1.29 is 5.11 Å². The topological polar surface area (TPSA) is 35.5 Å². The molecule has 0 spiro atoms. The van der Waals surface area contributed by atoms with Gasteiger partial charge in [0.15, 0.2) is 0 Å². The van der Waals surface area contributed by atoms with Gasteiger partial charge in [0, 0.05) is 24.7 Å². The second kappa shape index (κ2) is 4.17. The molecule has 2 aliphatic heterocycles. The summed E-state index contributed by atoms with van der Waals surface area (Å²) in [4.78, 5) is 2.33. The van der Waals surface area contributed by atoms with E-state index in [1.54, 1.807) is 0 Å². The van der Waals surface area contributed by atoms with Crippen molar-refractivity contribution in [2.75, 3.05) is 13.6 Å². The highest BCUT2D eigenvalue weighted by atomic mass is 16.3. The lowest BCUT2D eigenvalue weighted by molar-refractivity contribution is 0.0963. The van der Waals surface area contributed by atoms with Crippen molar-refractivity contribution in [1.29, 1.82) is 0 Å². The van der Waals surface area contributed by atoms with Crippen LogP contribution in [0, 0.1) is 0 Å². The van der Waals surface area contributed by atoms with Crippen molar-refractivity contribution in [3.8, 4) is 0 Å². The van der Waals surface area contributed by atoms with E-state index in [0.29, 0.717) is 6.04 Å². The summed E-state index contributed by atoms with van der Waals surface area (Å²) < 4.78 is 0. The summed E-state index contributed by atoms with van der Waals surface area (Å²) in [6.07, 6.45) is 5.03. The third kappa shape index (κ3) is 2.27. The molecule has 0 radical (unpaired) electrons. The largest absolute Gasteiger partial charge is 0.392 e. The van der Waals surface area contributed by atoms with Crippen LogP contribution in [0.5, 0.6) is 0 Å². The van der Waals surface area contributed by atoms with E-state index < -0.39 is 0 Å². The molecule has 2 N–H and O–H groups in total. The maximum Gasteiger partial charge on any atom is 0.0639 e. The molecule has 2 bridgehead atoms. The Hall–Kier alpha value is -0.120. The Labute approximate surface area is 86.5 Å². The van der Waals surface area contributed by atoms with Gasteiger partial charge >= 0.3 is 0 Å². The van der Waals surface area contributed by atoms with Gasteiger partial charge in [-0.2, -0.15) is 0 Å². The first-order valence-electron chi connectivity index (χ1n) is 5.79. The summed E-state index contributed by atoms with van der Waals surface area (Å²) in [7, 11) is 2.14. The monoisotopic (exact) mass is 198 g/mol. The van der Waals surface area contributed by atoms with E-state index in [0.717, 1.165) is 18.6 Å². The fourth-order valence-corrected chi connectivity index (χ4v) is 2.95. The Kier molecular flexibility index (Phi) is 3.10. The van der Waals surface area contributed by atoms with Crippen LogP contribution in [0.3, 0.4) is 0 Å². The first-order chi connectivity index (χ1) is 6.65. The molecule has 2 unspecified atom stereocenters. The average Bonchev–Trinajstić information content (AvgIpc) is 2.44. The number of aliphatic hydroxyl groups is 1. The fourth-order valence-electron chi connectivity index (χ4n) is 2.95. The predicted octanol–water partition coefficient (Wildman–Crippen LogP) is 0.582. The van der Waals surface area contributed by atoms with Gasteiger partial charge in [-0.25, -0.2) is 0 Å².